The fourth-order valence-corrected chi connectivity index (χ4v) is 3.78. The summed E-state index contributed by atoms with van der Waals surface area (Å²) in [6.45, 7) is 13.4. The SMILES string of the molecule is CC(C)CCOCCC1(CNCC(C)C)CC2CC2C1. The fraction of sp³-hybridized carbons (Fsp3) is 1.00. The Labute approximate surface area is 126 Å². The van der Waals surface area contributed by atoms with Gasteiger partial charge in [-0.2, -0.15) is 0 Å². The van der Waals surface area contributed by atoms with Gasteiger partial charge in [0.2, 0.25) is 0 Å². The molecule has 0 bridgehead atoms. The maximum atomic E-state index is 5.88. The normalized spacial score (nSPS) is 32.1. The van der Waals surface area contributed by atoms with E-state index >= 15 is 0 Å². The minimum atomic E-state index is 0.556. The lowest BCUT2D eigenvalue weighted by Gasteiger charge is -2.32. The van der Waals surface area contributed by atoms with Gasteiger partial charge in [-0.05, 0) is 67.7 Å². The van der Waals surface area contributed by atoms with Crippen molar-refractivity contribution in [3.63, 3.8) is 0 Å². The summed E-state index contributed by atoms with van der Waals surface area (Å²) < 4.78 is 5.88. The Balaban J connectivity index is 1.67. The van der Waals surface area contributed by atoms with E-state index in [1.165, 1.54) is 38.6 Å². The third-order valence-electron chi connectivity index (χ3n) is 5.13. The van der Waals surface area contributed by atoms with Crippen LogP contribution in [0.15, 0.2) is 0 Å². The van der Waals surface area contributed by atoms with Gasteiger partial charge in [0.25, 0.3) is 0 Å². The van der Waals surface area contributed by atoms with Gasteiger partial charge in [0.15, 0.2) is 0 Å². The summed E-state index contributed by atoms with van der Waals surface area (Å²) in [5.41, 5.74) is 0.556. The van der Waals surface area contributed by atoms with E-state index in [0.29, 0.717) is 5.41 Å². The van der Waals surface area contributed by atoms with Crippen molar-refractivity contribution in [2.24, 2.45) is 29.1 Å². The summed E-state index contributed by atoms with van der Waals surface area (Å²) in [7, 11) is 0. The second kappa shape index (κ2) is 7.26. The zero-order chi connectivity index (χ0) is 14.6. The molecule has 2 unspecified atom stereocenters. The molecule has 2 atom stereocenters. The molecule has 0 amide bonds. The fourth-order valence-electron chi connectivity index (χ4n) is 3.78. The summed E-state index contributed by atoms with van der Waals surface area (Å²) >= 11 is 0. The van der Waals surface area contributed by atoms with E-state index in [1.54, 1.807) is 0 Å². The first-order chi connectivity index (χ1) is 9.51. The predicted molar refractivity (Wildman–Crippen MR) is 85.9 cm³/mol. The van der Waals surface area contributed by atoms with Gasteiger partial charge in [-0.1, -0.05) is 27.7 Å². The summed E-state index contributed by atoms with van der Waals surface area (Å²) in [6, 6.07) is 0. The molecular formula is C18H35NO. The van der Waals surface area contributed by atoms with Crippen molar-refractivity contribution in [1.82, 2.24) is 5.32 Å². The average molecular weight is 281 g/mol. The third-order valence-corrected chi connectivity index (χ3v) is 5.13. The molecule has 2 nitrogen and oxygen atoms in total. The van der Waals surface area contributed by atoms with E-state index in [1.807, 2.05) is 0 Å². The van der Waals surface area contributed by atoms with E-state index in [-0.39, 0.29) is 0 Å². The Kier molecular flexibility index (Phi) is 5.92. The molecule has 0 aromatic rings. The van der Waals surface area contributed by atoms with Crippen LogP contribution in [0.1, 0.15) is 59.8 Å². The van der Waals surface area contributed by atoms with Crippen molar-refractivity contribution in [3.05, 3.63) is 0 Å². The van der Waals surface area contributed by atoms with Gasteiger partial charge in [0.1, 0.15) is 0 Å². The summed E-state index contributed by atoms with van der Waals surface area (Å²) in [6.07, 6.45) is 6.89. The van der Waals surface area contributed by atoms with Crippen molar-refractivity contribution in [2.75, 3.05) is 26.3 Å². The molecule has 0 spiro atoms. The molecule has 2 rings (SSSR count). The van der Waals surface area contributed by atoms with Crippen LogP contribution < -0.4 is 5.32 Å². The topological polar surface area (TPSA) is 21.3 Å². The number of ether oxygens (including phenoxy) is 1. The highest BCUT2D eigenvalue weighted by atomic mass is 16.5. The molecule has 0 aromatic carbocycles. The smallest absolute Gasteiger partial charge is 0.0471 e. The maximum absolute atomic E-state index is 5.88. The number of fused-ring (bicyclic) bond motifs is 1. The Morgan fingerprint density at radius 3 is 2.35 bits per heavy atom. The minimum Gasteiger partial charge on any atom is -0.381 e. The van der Waals surface area contributed by atoms with Crippen LogP contribution in [0.4, 0.5) is 0 Å². The third kappa shape index (κ3) is 5.04. The molecule has 2 fully saturated rings. The second-order valence-corrected chi connectivity index (χ2v) is 8.23. The summed E-state index contributed by atoms with van der Waals surface area (Å²) in [5.74, 6) is 3.64. The highest BCUT2D eigenvalue weighted by molar-refractivity contribution is 5.04. The number of hydrogen-bond acceptors (Lipinski definition) is 2. The molecule has 0 aromatic heterocycles. The van der Waals surface area contributed by atoms with Crippen LogP contribution in [0.25, 0.3) is 0 Å². The van der Waals surface area contributed by atoms with Gasteiger partial charge in [-0.15, -0.1) is 0 Å². The summed E-state index contributed by atoms with van der Waals surface area (Å²) in [5, 5.41) is 3.71. The van der Waals surface area contributed by atoms with Crippen LogP contribution in [-0.2, 0) is 4.74 Å². The highest BCUT2D eigenvalue weighted by Crippen LogP contribution is 2.60. The number of rotatable bonds is 10. The largest absolute Gasteiger partial charge is 0.381 e. The number of nitrogens with one attached hydrogen (secondary N) is 1. The monoisotopic (exact) mass is 281 g/mol. The van der Waals surface area contributed by atoms with Crippen LogP contribution in [0.2, 0.25) is 0 Å². The van der Waals surface area contributed by atoms with Crippen LogP contribution in [0.3, 0.4) is 0 Å². The first kappa shape index (κ1) is 16.3. The standard InChI is InChI=1S/C18H35NO/c1-14(2)5-7-20-8-6-18(13-19-12-15(3)4)10-16-9-17(16)11-18/h14-17,19H,5-13H2,1-4H3. The van der Waals surface area contributed by atoms with Crippen molar-refractivity contribution >= 4 is 0 Å². The second-order valence-electron chi connectivity index (χ2n) is 8.23. The molecular weight excluding hydrogens is 246 g/mol. The lowest BCUT2D eigenvalue weighted by atomic mass is 9.80. The minimum absolute atomic E-state index is 0.556. The quantitative estimate of drug-likeness (QED) is 0.609. The van der Waals surface area contributed by atoms with E-state index in [9.17, 15) is 0 Å². The lowest BCUT2D eigenvalue weighted by molar-refractivity contribution is 0.0822. The van der Waals surface area contributed by atoms with E-state index in [2.05, 4.69) is 33.0 Å². The maximum Gasteiger partial charge on any atom is 0.0471 e. The zero-order valence-corrected chi connectivity index (χ0v) is 14.1. The van der Waals surface area contributed by atoms with E-state index in [0.717, 1.165) is 43.4 Å². The Morgan fingerprint density at radius 1 is 1.05 bits per heavy atom. The first-order valence-corrected chi connectivity index (χ1v) is 8.79. The van der Waals surface area contributed by atoms with E-state index < -0.39 is 0 Å². The van der Waals surface area contributed by atoms with Crippen LogP contribution in [0.5, 0.6) is 0 Å². The molecule has 0 saturated heterocycles. The first-order valence-electron chi connectivity index (χ1n) is 8.79. The molecule has 1 N–H and O–H groups in total. The van der Waals surface area contributed by atoms with Gasteiger partial charge in [0, 0.05) is 19.8 Å². The zero-order valence-electron chi connectivity index (χ0n) is 14.1. The molecule has 2 heteroatoms. The van der Waals surface area contributed by atoms with Crippen LogP contribution in [-0.4, -0.2) is 26.3 Å². The lowest BCUT2D eigenvalue weighted by Crippen LogP contribution is -2.36. The Hall–Kier alpha value is -0.0800. The van der Waals surface area contributed by atoms with Gasteiger partial charge in [-0.3, -0.25) is 0 Å². The molecule has 2 aliphatic rings. The predicted octanol–water partition coefficient (Wildman–Crippen LogP) is 4.10. The van der Waals surface area contributed by atoms with Gasteiger partial charge >= 0.3 is 0 Å². The van der Waals surface area contributed by atoms with Gasteiger partial charge in [0.05, 0.1) is 0 Å². The summed E-state index contributed by atoms with van der Waals surface area (Å²) in [4.78, 5) is 0. The van der Waals surface area contributed by atoms with E-state index in [4.69, 9.17) is 4.74 Å². The van der Waals surface area contributed by atoms with Crippen LogP contribution >= 0.6 is 0 Å². The van der Waals surface area contributed by atoms with Crippen LogP contribution in [0, 0.1) is 29.1 Å². The molecule has 20 heavy (non-hydrogen) atoms. The van der Waals surface area contributed by atoms with Gasteiger partial charge in [-0.25, -0.2) is 0 Å². The average Bonchev–Trinajstić information content (AvgIpc) is 2.96. The Morgan fingerprint density at radius 2 is 1.75 bits per heavy atom. The Bertz CT molecular complexity index is 277. The molecule has 0 radical (unpaired) electrons. The van der Waals surface area contributed by atoms with Crippen molar-refractivity contribution in [1.29, 1.82) is 0 Å². The van der Waals surface area contributed by atoms with Crippen molar-refractivity contribution in [2.45, 2.75) is 59.8 Å². The molecule has 118 valence electrons. The molecule has 0 aliphatic heterocycles. The molecule has 0 heterocycles. The van der Waals surface area contributed by atoms with Crippen molar-refractivity contribution in [3.8, 4) is 0 Å². The highest BCUT2D eigenvalue weighted by Gasteiger charge is 2.53. The number of hydrogen-bond donors (Lipinski definition) is 1. The van der Waals surface area contributed by atoms with Gasteiger partial charge < -0.3 is 10.1 Å². The molecule has 2 aliphatic carbocycles. The van der Waals surface area contributed by atoms with Crippen molar-refractivity contribution < 1.29 is 4.74 Å². The molecule has 2 saturated carbocycles.